The number of benzene rings is 1. The molecule has 1 aliphatic rings. The minimum atomic E-state index is -0.468. The van der Waals surface area contributed by atoms with Gasteiger partial charge in [-0.25, -0.2) is 9.18 Å². The summed E-state index contributed by atoms with van der Waals surface area (Å²) in [6, 6.07) is 6.04. The average molecular weight is 446 g/mol. The number of hydrogen-bond acceptors (Lipinski definition) is 4. The van der Waals surface area contributed by atoms with Gasteiger partial charge in [0.05, 0.1) is 6.61 Å². The number of carbonyl (C=O) groups is 2. The third-order valence-electron chi connectivity index (χ3n) is 6.12. The van der Waals surface area contributed by atoms with Gasteiger partial charge in [0, 0.05) is 16.4 Å². The maximum Gasteiger partial charge on any atom is 0.341 e. The molecule has 2 aromatic rings. The Morgan fingerprint density at radius 3 is 2.42 bits per heavy atom. The Hall–Kier alpha value is -2.21. The van der Waals surface area contributed by atoms with Gasteiger partial charge < -0.3 is 10.1 Å². The highest BCUT2D eigenvalue weighted by Crippen LogP contribution is 2.41. The predicted octanol–water partition coefficient (Wildman–Crippen LogP) is 6.97. The Labute approximate surface area is 188 Å². The summed E-state index contributed by atoms with van der Waals surface area (Å²) >= 11 is 1.37. The smallest absolute Gasteiger partial charge is 0.341 e. The van der Waals surface area contributed by atoms with Crippen molar-refractivity contribution in [3.8, 4) is 11.1 Å². The molecule has 6 heteroatoms. The van der Waals surface area contributed by atoms with Crippen LogP contribution in [0.15, 0.2) is 24.3 Å². The van der Waals surface area contributed by atoms with Gasteiger partial charge in [0.25, 0.3) is 0 Å². The summed E-state index contributed by atoms with van der Waals surface area (Å²) in [5.41, 5.74) is 1.79. The van der Waals surface area contributed by atoms with E-state index in [1.807, 2.05) is 6.92 Å². The molecule has 1 aromatic heterocycles. The van der Waals surface area contributed by atoms with Gasteiger partial charge in [-0.05, 0) is 63.1 Å². The zero-order valence-corrected chi connectivity index (χ0v) is 19.4. The van der Waals surface area contributed by atoms with E-state index in [1.165, 1.54) is 42.7 Å². The first kappa shape index (κ1) is 23.5. The van der Waals surface area contributed by atoms with Crippen molar-refractivity contribution in [3.63, 3.8) is 0 Å². The minimum absolute atomic E-state index is 0.0219. The molecule has 1 saturated carbocycles. The molecule has 1 aromatic carbocycles. The third-order valence-corrected chi connectivity index (χ3v) is 7.14. The number of esters is 1. The normalized spacial score (nSPS) is 18.6. The Morgan fingerprint density at radius 1 is 1.13 bits per heavy atom. The highest BCUT2D eigenvalue weighted by atomic mass is 32.1. The first-order valence-electron chi connectivity index (χ1n) is 11.3. The fraction of sp³-hybridized carbons (Fsp3) is 0.520. The van der Waals surface area contributed by atoms with Crippen molar-refractivity contribution in [2.45, 2.75) is 65.7 Å². The van der Waals surface area contributed by atoms with Crippen molar-refractivity contribution in [1.82, 2.24) is 0 Å². The van der Waals surface area contributed by atoms with Crippen LogP contribution in [0.25, 0.3) is 11.1 Å². The van der Waals surface area contributed by atoms with Crippen LogP contribution in [0, 0.1) is 24.6 Å². The molecule has 0 saturated heterocycles. The van der Waals surface area contributed by atoms with E-state index in [0.29, 0.717) is 16.1 Å². The number of nitrogens with one attached hydrogen (secondary N) is 1. The number of rotatable bonds is 8. The lowest BCUT2D eigenvalue weighted by atomic mass is 9.79. The second-order valence-electron chi connectivity index (χ2n) is 8.31. The number of halogens is 1. The van der Waals surface area contributed by atoms with Crippen molar-refractivity contribution in [1.29, 1.82) is 0 Å². The molecule has 168 valence electrons. The van der Waals surface area contributed by atoms with Crippen LogP contribution in [0.4, 0.5) is 9.39 Å². The zero-order valence-electron chi connectivity index (χ0n) is 18.6. The zero-order chi connectivity index (χ0) is 22.4. The van der Waals surface area contributed by atoms with E-state index in [4.69, 9.17) is 4.74 Å². The molecule has 1 amide bonds. The number of thiophene rings is 1. The fourth-order valence-corrected chi connectivity index (χ4v) is 5.48. The summed E-state index contributed by atoms with van der Waals surface area (Å²) in [6.45, 7) is 6.11. The lowest BCUT2D eigenvalue weighted by Crippen LogP contribution is -2.27. The number of anilines is 1. The van der Waals surface area contributed by atoms with Gasteiger partial charge in [0.1, 0.15) is 16.4 Å². The molecule has 1 fully saturated rings. The number of aryl methyl sites for hydroxylation is 1. The van der Waals surface area contributed by atoms with Gasteiger partial charge in [-0.1, -0.05) is 38.3 Å². The van der Waals surface area contributed by atoms with Gasteiger partial charge in [0.15, 0.2) is 0 Å². The molecule has 0 bridgehead atoms. The number of unbranched alkanes of at least 4 members (excludes halogenated alkanes) is 1. The Morgan fingerprint density at radius 2 is 1.81 bits per heavy atom. The van der Waals surface area contributed by atoms with Crippen LogP contribution in [0.3, 0.4) is 0 Å². The second-order valence-corrected chi connectivity index (χ2v) is 9.54. The summed E-state index contributed by atoms with van der Waals surface area (Å²) in [5.74, 6) is -0.119. The van der Waals surface area contributed by atoms with Gasteiger partial charge in [0.2, 0.25) is 5.91 Å². The second kappa shape index (κ2) is 10.9. The van der Waals surface area contributed by atoms with Crippen LogP contribution in [-0.4, -0.2) is 18.5 Å². The third kappa shape index (κ3) is 5.73. The first-order valence-corrected chi connectivity index (χ1v) is 12.1. The lowest BCUT2D eigenvalue weighted by molar-refractivity contribution is -0.121. The molecule has 0 radical (unpaired) electrons. The molecular formula is C25H32FNO3S. The van der Waals surface area contributed by atoms with Crippen molar-refractivity contribution in [3.05, 3.63) is 40.5 Å². The standard InChI is InChI=1S/C25H32FNO3S/c1-4-6-7-17-8-10-19(11-9-17)23(28)27-24-22(25(29)30-5-2)21(16(3)31-24)18-12-14-20(26)15-13-18/h12-15,17,19H,4-11H2,1-3H3,(H,27,28). The molecule has 0 atom stereocenters. The molecule has 0 aliphatic heterocycles. The van der Waals surface area contributed by atoms with Crippen LogP contribution >= 0.6 is 11.3 Å². The van der Waals surface area contributed by atoms with Gasteiger partial charge >= 0.3 is 5.97 Å². The first-order chi connectivity index (χ1) is 14.9. The SMILES string of the molecule is CCCCC1CCC(C(=O)Nc2sc(C)c(-c3ccc(F)cc3)c2C(=O)OCC)CC1. The van der Waals surface area contributed by atoms with Crippen LogP contribution in [0.5, 0.6) is 0 Å². The van der Waals surface area contributed by atoms with E-state index in [2.05, 4.69) is 12.2 Å². The number of ether oxygens (including phenoxy) is 1. The highest BCUT2D eigenvalue weighted by Gasteiger charge is 2.30. The lowest BCUT2D eigenvalue weighted by Gasteiger charge is -2.27. The Bertz CT molecular complexity index is 898. The van der Waals surface area contributed by atoms with Crippen molar-refractivity contribution >= 4 is 28.2 Å². The molecular weight excluding hydrogens is 413 g/mol. The molecule has 1 aliphatic carbocycles. The average Bonchev–Trinajstić information content (AvgIpc) is 3.09. The molecule has 0 spiro atoms. The molecule has 3 rings (SSSR count). The highest BCUT2D eigenvalue weighted by molar-refractivity contribution is 7.17. The number of amides is 1. The van der Waals surface area contributed by atoms with Crippen molar-refractivity contribution < 1.29 is 18.7 Å². The van der Waals surface area contributed by atoms with Crippen molar-refractivity contribution in [2.75, 3.05) is 11.9 Å². The molecule has 1 N–H and O–H groups in total. The predicted molar refractivity (Wildman–Crippen MR) is 124 cm³/mol. The number of carbonyl (C=O) groups excluding carboxylic acids is 2. The van der Waals surface area contributed by atoms with E-state index < -0.39 is 5.97 Å². The summed E-state index contributed by atoms with van der Waals surface area (Å²) in [4.78, 5) is 26.7. The van der Waals surface area contributed by atoms with Gasteiger partial charge in [-0.3, -0.25) is 4.79 Å². The quantitative estimate of drug-likeness (QED) is 0.446. The van der Waals surface area contributed by atoms with E-state index in [-0.39, 0.29) is 24.2 Å². The fourth-order valence-electron chi connectivity index (χ4n) is 4.41. The summed E-state index contributed by atoms with van der Waals surface area (Å²) in [7, 11) is 0. The van der Waals surface area contributed by atoms with Gasteiger partial charge in [-0.2, -0.15) is 0 Å². The minimum Gasteiger partial charge on any atom is -0.462 e. The molecule has 31 heavy (non-hydrogen) atoms. The largest absolute Gasteiger partial charge is 0.462 e. The number of hydrogen-bond donors (Lipinski definition) is 1. The monoisotopic (exact) mass is 445 g/mol. The van der Waals surface area contributed by atoms with Crippen LogP contribution in [0.2, 0.25) is 0 Å². The van der Waals surface area contributed by atoms with E-state index in [0.717, 1.165) is 42.0 Å². The van der Waals surface area contributed by atoms with Crippen LogP contribution in [-0.2, 0) is 9.53 Å². The van der Waals surface area contributed by atoms with Crippen LogP contribution in [0.1, 0.15) is 74.0 Å². The summed E-state index contributed by atoms with van der Waals surface area (Å²) in [6.07, 6.45) is 7.69. The van der Waals surface area contributed by atoms with Gasteiger partial charge in [-0.15, -0.1) is 11.3 Å². The Kier molecular flexibility index (Phi) is 8.24. The van der Waals surface area contributed by atoms with E-state index >= 15 is 0 Å². The topological polar surface area (TPSA) is 55.4 Å². The summed E-state index contributed by atoms with van der Waals surface area (Å²) < 4.78 is 18.7. The van der Waals surface area contributed by atoms with Crippen LogP contribution < -0.4 is 5.32 Å². The molecule has 0 unspecified atom stereocenters. The van der Waals surface area contributed by atoms with Crippen molar-refractivity contribution in [2.24, 2.45) is 11.8 Å². The molecule has 1 heterocycles. The molecule has 4 nitrogen and oxygen atoms in total. The maximum atomic E-state index is 13.4. The van der Waals surface area contributed by atoms with E-state index in [1.54, 1.807) is 19.1 Å². The maximum absolute atomic E-state index is 13.4. The Balaban J connectivity index is 1.81. The summed E-state index contributed by atoms with van der Waals surface area (Å²) in [5, 5.41) is 3.55. The van der Waals surface area contributed by atoms with E-state index in [9.17, 15) is 14.0 Å².